The molecule has 18 heavy (non-hydrogen) atoms. The average molecular weight is 268 g/mol. The Morgan fingerprint density at radius 1 is 1.44 bits per heavy atom. The Morgan fingerprint density at radius 3 is 3.00 bits per heavy atom. The van der Waals surface area contributed by atoms with Gasteiger partial charge in [-0.15, -0.1) is 0 Å². The van der Waals surface area contributed by atoms with E-state index in [0.717, 1.165) is 18.8 Å². The van der Waals surface area contributed by atoms with Gasteiger partial charge in [-0.25, -0.2) is 9.37 Å². The molecule has 96 valence electrons. The number of benzene rings is 1. The van der Waals surface area contributed by atoms with Crippen LogP contribution in [-0.4, -0.2) is 16.1 Å². The fourth-order valence-corrected chi connectivity index (χ4v) is 1.93. The first-order valence-electron chi connectivity index (χ1n) is 5.77. The SMILES string of the molecule is Cn1ccnc1CCNCc1cc(Cl)ccc1F. The Hall–Kier alpha value is -1.39. The van der Waals surface area contributed by atoms with E-state index in [0.29, 0.717) is 17.1 Å². The number of halogens is 2. The van der Waals surface area contributed by atoms with Gasteiger partial charge in [0.15, 0.2) is 0 Å². The highest BCUT2D eigenvalue weighted by atomic mass is 35.5. The first kappa shape index (κ1) is 13.1. The third-order valence-corrected chi connectivity index (χ3v) is 3.00. The van der Waals surface area contributed by atoms with E-state index >= 15 is 0 Å². The molecule has 5 heteroatoms. The van der Waals surface area contributed by atoms with Crippen LogP contribution in [-0.2, 0) is 20.0 Å². The van der Waals surface area contributed by atoms with Gasteiger partial charge >= 0.3 is 0 Å². The molecule has 0 fully saturated rings. The normalized spacial score (nSPS) is 10.8. The molecule has 0 bridgehead atoms. The predicted octanol–water partition coefficient (Wildman–Crippen LogP) is 2.54. The van der Waals surface area contributed by atoms with Gasteiger partial charge in [0, 0.05) is 49.5 Å². The summed E-state index contributed by atoms with van der Waals surface area (Å²) in [6.07, 6.45) is 4.49. The number of hydrogen-bond donors (Lipinski definition) is 1. The summed E-state index contributed by atoms with van der Waals surface area (Å²) in [5.41, 5.74) is 0.586. The highest BCUT2D eigenvalue weighted by Gasteiger charge is 2.03. The average Bonchev–Trinajstić information content (AvgIpc) is 2.75. The minimum absolute atomic E-state index is 0.233. The maximum absolute atomic E-state index is 13.4. The Balaban J connectivity index is 1.82. The number of aryl methyl sites for hydroxylation is 1. The molecule has 2 aromatic rings. The fraction of sp³-hybridized carbons (Fsp3) is 0.308. The van der Waals surface area contributed by atoms with E-state index in [9.17, 15) is 4.39 Å². The molecule has 1 aromatic heterocycles. The van der Waals surface area contributed by atoms with Gasteiger partial charge in [0.2, 0.25) is 0 Å². The molecule has 2 rings (SSSR count). The van der Waals surface area contributed by atoms with Crippen molar-refractivity contribution in [3.8, 4) is 0 Å². The van der Waals surface area contributed by atoms with Gasteiger partial charge < -0.3 is 9.88 Å². The van der Waals surface area contributed by atoms with Crippen LogP contribution in [0.2, 0.25) is 5.02 Å². The molecule has 0 unspecified atom stereocenters. The zero-order valence-corrected chi connectivity index (χ0v) is 10.9. The van der Waals surface area contributed by atoms with Crippen molar-refractivity contribution in [3.63, 3.8) is 0 Å². The molecule has 0 atom stereocenters. The molecule has 0 saturated heterocycles. The number of aromatic nitrogens is 2. The standard InChI is InChI=1S/C13H15ClFN3/c1-18-7-6-17-13(18)4-5-16-9-10-8-11(14)2-3-12(10)15/h2-3,6-8,16H,4-5,9H2,1H3. The molecule has 0 aliphatic rings. The predicted molar refractivity (Wildman–Crippen MR) is 70.0 cm³/mol. The first-order chi connectivity index (χ1) is 8.66. The van der Waals surface area contributed by atoms with Crippen LogP contribution in [0.5, 0.6) is 0 Å². The van der Waals surface area contributed by atoms with Gasteiger partial charge in [0.05, 0.1) is 0 Å². The van der Waals surface area contributed by atoms with Crippen LogP contribution in [0.4, 0.5) is 4.39 Å². The van der Waals surface area contributed by atoms with E-state index in [2.05, 4.69) is 10.3 Å². The second-order valence-corrected chi connectivity index (χ2v) is 4.55. The highest BCUT2D eigenvalue weighted by molar-refractivity contribution is 6.30. The third-order valence-electron chi connectivity index (χ3n) is 2.77. The molecule has 1 aromatic carbocycles. The van der Waals surface area contributed by atoms with Crippen molar-refractivity contribution < 1.29 is 4.39 Å². The molecular weight excluding hydrogens is 253 g/mol. The van der Waals surface area contributed by atoms with Crippen molar-refractivity contribution in [3.05, 3.63) is 52.8 Å². The maximum Gasteiger partial charge on any atom is 0.127 e. The zero-order valence-electron chi connectivity index (χ0n) is 10.2. The second kappa shape index (κ2) is 5.98. The Bertz CT molecular complexity index is 525. The molecular formula is C13H15ClFN3. The van der Waals surface area contributed by atoms with Crippen molar-refractivity contribution in [1.29, 1.82) is 0 Å². The van der Waals surface area contributed by atoms with Gasteiger partial charge in [0.25, 0.3) is 0 Å². The lowest BCUT2D eigenvalue weighted by molar-refractivity contribution is 0.584. The van der Waals surface area contributed by atoms with Gasteiger partial charge in [-0.05, 0) is 18.2 Å². The van der Waals surface area contributed by atoms with Gasteiger partial charge in [-0.1, -0.05) is 11.6 Å². The van der Waals surface area contributed by atoms with Crippen LogP contribution in [0.3, 0.4) is 0 Å². The summed E-state index contributed by atoms with van der Waals surface area (Å²) in [4.78, 5) is 4.22. The van der Waals surface area contributed by atoms with Crippen molar-refractivity contribution in [2.75, 3.05) is 6.54 Å². The van der Waals surface area contributed by atoms with E-state index in [1.54, 1.807) is 18.3 Å². The molecule has 1 N–H and O–H groups in total. The summed E-state index contributed by atoms with van der Waals surface area (Å²) in [5, 5.41) is 3.74. The van der Waals surface area contributed by atoms with Crippen LogP contribution >= 0.6 is 11.6 Å². The first-order valence-corrected chi connectivity index (χ1v) is 6.15. The van der Waals surface area contributed by atoms with Crippen molar-refractivity contribution in [2.45, 2.75) is 13.0 Å². The summed E-state index contributed by atoms with van der Waals surface area (Å²) in [6, 6.07) is 4.58. The van der Waals surface area contributed by atoms with E-state index < -0.39 is 0 Å². The molecule has 0 aliphatic carbocycles. The van der Waals surface area contributed by atoms with E-state index in [1.165, 1.54) is 6.07 Å². The van der Waals surface area contributed by atoms with Crippen LogP contribution in [0.25, 0.3) is 0 Å². The van der Waals surface area contributed by atoms with Crippen molar-refractivity contribution >= 4 is 11.6 Å². The Morgan fingerprint density at radius 2 is 2.28 bits per heavy atom. The van der Waals surface area contributed by atoms with E-state index in [-0.39, 0.29) is 5.82 Å². The number of hydrogen-bond acceptors (Lipinski definition) is 2. The largest absolute Gasteiger partial charge is 0.338 e. The Kier molecular flexibility index (Phi) is 4.33. The van der Waals surface area contributed by atoms with Crippen LogP contribution in [0, 0.1) is 5.82 Å². The number of nitrogens with zero attached hydrogens (tertiary/aromatic N) is 2. The molecule has 3 nitrogen and oxygen atoms in total. The van der Waals surface area contributed by atoms with Gasteiger partial charge in [0.1, 0.15) is 11.6 Å². The smallest absolute Gasteiger partial charge is 0.127 e. The zero-order chi connectivity index (χ0) is 13.0. The summed E-state index contributed by atoms with van der Waals surface area (Å²) in [5.74, 6) is 0.776. The summed E-state index contributed by atoms with van der Waals surface area (Å²) < 4.78 is 15.4. The topological polar surface area (TPSA) is 29.9 Å². The van der Waals surface area contributed by atoms with Crippen LogP contribution < -0.4 is 5.32 Å². The lowest BCUT2D eigenvalue weighted by Crippen LogP contribution is -2.18. The van der Waals surface area contributed by atoms with Crippen LogP contribution in [0.1, 0.15) is 11.4 Å². The number of nitrogens with one attached hydrogen (secondary N) is 1. The summed E-state index contributed by atoms with van der Waals surface area (Å²) >= 11 is 5.82. The lowest BCUT2D eigenvalue weighted by Gasteiger charge is -2.06. The lowest BCUT2D eigenvalue weighted by atomic mass is 10.2. The number of imidazole rings is 1. The van der Waals surface area contributed by atoms with E-state index in [4.69, 9.17) is 11.6 Å². The summed E-state index contributed by atoms with van der Waals surface area (Å²) in [7, 11) is 1.96. The minimum atomic E-state index is -0.233. The monoisotopic (exact) mass is 267 g/mol. The number of rotatable bonds is 5. The maximum atomic E-state index is 13.4. The quantitative estimate of drug-likeness (QED) is 0.844. The molecule has 0 aliphatic heterocycles. The van der Waals surface area contributed by atoms with Crippen molar-refractivity contribution in [2.24, 2.45) is 7.05 Å². The molecule has 0 saturated carbocycles. The van der Waals surface area contributed by atoms with Gasteiger partial charge in [-0.2, -0.15) is 0 Å². The molecule has 0 radical (unpaired) electrons. The Labute approximate surface area is 111 Å². The highest BCUT2D eigenvalue weighted by Crippen LogP contribution is 2.14. The van der Waals surface area contributed by atoms with E-state index in [1.807, 2.05) is 17.8 Å². The summed E-state index contributed by atoms with van der Waals surface area (Å²) in [6.45, 7) is 1.22. The van der Waals surface area contributed by atoms with Gasteiger partial charge in [-0.3, -0.25) is 0 Å². The molecule has 1 heterocycles. The fourth-order valence-electron chi connectivity index (χ4n) is 1.74. The van der Waals surface area contributed by atoms with Crippen LogP contribution in [0.15, 0.2) is 30.6 Å². The minimum Gasteiger partial charge on any atom is -0.338 e. The molecule has 0 spiro atoms. The van der Waals surface area contributed by atoms with Crippen molar-refractivity contribution in [1.82, 2.24) is 14.9 Å². The molecule has 0 amide bonds. The third kappa shape index (κ3) is 3.31. The second-order valence-electron chi connectivity index (χ2n) is 4.12.